The minimum Gasteiger partial charge on any atom is -0.489 e. The second-order valence-electron chi connectivity index (χ2n) is 8.84. The number of carbonyl (C=O) groups excluding carboxylic acids is 1. The fraction of sp³-hybridized carbons (Fsp3) is 0.172. The maximum atomic E-state index is 11.8. The van der Waals surface area contributed by atoms with Crippen molar-refractivity contribution in [1.82, 2.24) is 10.1 Å². The molecule has 0 radical (unpaired) electrons. The van der Waals surface area contributed by atoms with E-state index in [4.69, 9.17) is 48.8 Å². The highest BCUT2D eigenvalue weighted by Gasteiger charge is 2.33. The molecule has 0 saturated heterocycles. The summed E-state index contributed by atoms with van der Waals surface area (Å²) in [6.07, 6.45) is 6.55. The van der Waals surface area contributed by atoms with Crippen LogP contribution in [-0.4, -0.2) is 23.2 Å². The van der Waals surface area contributed by atoms with Crippen LogP contribution in [0.25, 0.3) is 22.9 Å². The minimum absolute atomic E-state index is 0.162. The summed E-state index contributed by atoms with van der Waals surface area (Å²) < 4.78 is 16.5. The average molecular weight is 581 g/mol. The molecular weight excluding hydrogens is 561 g/mol. The minimum atomic E-state index is -0.520. The van der Waals surface area contributed by atoms with E-state index in [-0.39, 0.29) is 18.1 Å². The Kier molecular flexibility index (Phi) is 7.89. The molecule has 0 bridgehead atoms. The summed E-state index contributed by atoms with van der Waals surface area (Å²) in [6.45, 7) is 0.162. The number of methoxy groups -OCH3 is 1. The number of carbonyl (C=O) groups is 1. The molecule has 1 aliphatic carbocycles. The molecule has 1 aliphatic rings. The maximum absolute atomic E-state index is 11.8. The van der Waals surface area contributed by atoms with Gasteiger partial charge in [-0.2, -0.15) is 5.26 Å². The van der Waals surface area contributed by atoms with Crippen molar-refractivity contribution in [3.8, 4) is 23.1 Å². The predicted octanol–water partition coefficient (Wildman–Crippen LogP) is 8.00. The topological polar surface area (TPSA) is 98.2 Å². The summed E-state index contributed by atoms with van der Waals surface area (Å²) in [6, 6.07) is 14.1. The Labute approximate surface area is 239 Å². The average Bonchev–Trinajstić information content (AvgIpc) is 3.70. The van der Waals surface area contributed by atoms with Crippen LogP contribution in [-0.2, 0) is 11.3 Å². The van der Waals surface area contributed by atoms with Crippen LogP contribution in [0.1, 0.15) is 51.6 Å². The number of hydrogen-bond acceptors (Lipinski definition) is 7. The van der Waals surface area contributed by atoms with Gasteiger partial charge in [0.1, 0.15) is 23.8 Å². The quantitative estimate of drug-likeness (QED) is 0.154. The molecule has 4 aromatic rings. The molecule has 10 heteroatoms. The number of nitrogens with zero attached hydrogens (tertiary/aromatic N) is 3. The van der Waals surface area contributed by atoms with Gasteiger partial charge in [0.2, 0.25) is 0 Å². The van der Waals surface area contributed by atoms with E-state index in [1.54, 1.807) is 48.5 Å². The van der Waals surface area contributed by atoms with Crippen molar-refractivity contribution in [3.63, 3.8) is 0 Å². The van der Waals surface area contributed by atoms with Crippen LogP contribution in [0.15, 0.2) is 59.4 Å². The van der Waals surface area contributed by atoms with Crippen molar-refractivity contribution in [2.24, 2.45) is 0 Å². The zero-order valence-corrected chi connectivity index (χ0v) is 22.8. The van der Waals surface area contributed by atoms with E-state index in [0.29, 0.717) is 48.8 Å². The number of hydrogen-bond donors (Lipinski definition) is 0. The smallest absolute Gasteiger partial charge is 0.339 e. The largest absolute Gasteiger partial charge is 0.489 e. The highest BCUT2D eigenvalue weighted by Crippen LogP contribution is 2.46. The lowest BCUT2D eigenvalue weighted by atomic mass is 10.0. The van der Waals surface area contributed by atoms with E-state index in [1.807, 2.05) is 0 Å². The van der Waals surface area contributed by atoms with Gasteiger partial charge in [-0.1, -0.05) is 46.0 Å². The Morgan fingerprint density at radius 1 is 1.13 bits per heavy atom. The molecule has 0 aliphatic heterocycles. The van der Waals surface area contributed by atoms with Gasteiger partial charge in [-0.15, -0.1) is 0 Å². The molecule has 0 N–H and O–H groups in total. The van der Waals surface area contributed by atoms with Gasteiger partial charge in [-0.25, -0.2) is 4.79 Å². The van der Waals surface area contributed by atoms with Crippen LogP contribution >= 0.6 is 34.8 Å². The summed E-state index contributed by atoms with van der Waals surface area (Å²) in [7, 11) is 1.29. The van der Waals surface area contributed by atoms with Gasteiger partial charge in [0.15, 0.2) is 0 Å². The molecule has 2 aromatic heterocycles. The summed E-state index contributed by atoms with van der Waals surface area (Å²) in [5.41, 5.74) is 3.55. The third-order valence-corrected chi connectivity index (χ3v) is 7.13. The lowest BCUT2D eigenvalue weighted by Crippen LogP contribution is -2.02. The number of allylic oxidation sites excluding steroid dienone is 1. The molecule has 5 rings (SSSR count). The molecule has 2 heterocycles. The number of rotatable bonds is 8. The van der Waals surface area contributed by atoms with Crippen molar-refractivity contribution in [3.05, 3.63) is 97.9 Å². The van der Waals surface area contributed by atoms with Crippen LogP contribution in [0, 0.1) is 11.3 Å². The summed E-state index contributed by atoms with van der Waals surface area (Å²) >= 11 is 19.5. The van der Waals surface area contributed by atoms with Gasteiger partial charge < -0.3 is 14.0 Å². The van der Waals surface area contributed by atoms with E-state index in [1.165, 1.54) is 19.5 Å². The standard InChI is InChI=1S/C29H20Cl3N3O4/c1-37-29(36)19-10-16(13-34-14-19)9-18(12-33)21-8-7-20(11-25(21)32)38-15-22-27(35-39-28(22)17-5-6-17)26-23(30)3-2-4-24(26)31/h2-4,7-11,13-14,17H,5-6,15H2,1H3/b18-9+. The van der Waals surface area contributed by atoms with Crippen molar-refractivity contribution < 1.29 is 18.8 Å². The number of aromatic nitrogens is 2. The van der Waals surface area contributed by atoms with Crippen LogP contribution < -0.4 is 4.74 Å². The molecule has 196 valence electrons. The van der Waals surface area contributed by atoms with Crippen LogP contribution in [0.2, 0.25) is 15.1 Å². The highest BCUT2D eigenvalue weighted by atomic mass is 35.5. The van der Waals surface area contributed by atoms with E-state index < -0.39 is 5.97 Å². The molecule has 7 nitrogen and oxygen atoms in total. The molecular formula is C29H20Cl3N3O4. The Hall–Kier alpha value is -3.83. The molecule has 39 heavy (non-hydrogen) atoms. The van der Waals surface area contributed by atoms with E-state index >= 15 is 0 Å². The first-order chi connectivity index (χ1) is 18.9. The van der Waals surface area contributed by atoms with Gasteiger partial charge in [0, 0.05) is 29.4 Å². The number of esters is 1. The van der Waals surface area contributed by atoms with E-state index in [0.717, 1.165) is 24.2 Å². The van der Waals surface area contributed by atoms with E-state index in [2.05, 4.69) is 16.2 Å². The third-order valence-electron chi connectivity index (χ3n) is 6.19. The number of nitriles is 1. The van der Waals surface area contributed by atoms with Crippen molar-refractivity contribution in [2.45, 2.75) is 25.4 Å². The summed E-state index contributed by atoms with van der Waals surface area (Å²) in [5, 5.41) is 15.3. The van der Waals surface area contributed by atoms with Gasteiger partial charge in [0.25, 0.3) is 0 Å². The highest BCUT2D eigenvalue weighted by molar-refractivity contribution is 6.39. The number of halogens is 3. The van der Waals surface area contributed by atoms with Gasteiger partial charge >= 0.3 is 5.97 Å². The molecule has 2 aromatic carbocycles. The number of benzene rings is 2. The van der Waals surface area contributed by atoms with Crippen LogP contribution in [0.3, 0.4) is 0 Å². The summed E-state index contributed by atoms with van der Waals surface area (Å²) in [5.74, 6) is 1.02. The second kappa shape index (κ2) is 11.5. The monoisotopic (exact) mass is 579 g/mol. The van der Waals surface area contributed by atoms with Gasteiger partial charge in [-0.05, 0) is 60.9 Å². The fourth-order valence-corrected chi connectivity index (χ4v) is 4.96. The Balaban J connectivity index is 1.40. The summed E-state index contributed by atoms with van der Waals surface area (Å²) in [4.78, 5) is 15.9. The van der Waals surface area contributed by atoms with Gasteiger partial charge in [-0.3, -0.25) is 4.98 Å². The van der Waals surface area contributed by atoms with Gasteiger partial charge in [0.05, 0.1) is 44.9 Å². The number of ether oxygens (including phenoxy) is 2. The Bertz CT molecular complexity index is 1620. The number of pyridine rings is 1. The predicted molar refractivity (Wildman–Crippen MR) is 149 cm³/mol. The Morgan fingerprint density at radius 3 is 2.56 bits per heavy atom. The first kappa shape index (κ1) is 26.8. The Morgan fingerprint density at radius 2 is 1.90 bits per heavy atom. The normalized spacial score (nSPS) is 13.2. The fourth-order valence-electron chi connectivity index (χ4n) is 4.11. The zero-order chi connectivity index (χ0) is 27.5. The van der Waals surface area contributed by atoms with Crippen LogP contribution in [0.5, 0.6) is 5.75 Å². The lowest BCUT2D eigenvalue weighted by molar-refractivity contribution is 0.0600. The van der Waals surface area contributed by atoms with Crippen molar-refractivity contribution in [1.29, 1.82) is 5.26 Å². The first-order valence-corrected chi connectivity index (χ1v) is 13.0. The lowest BCUT2D eigenvalue weighted by Gasteiger charge is -2.11. The van der Waals surface area contributed by atoms with Crippen molar-refractivity contribution in [2.75, 3.05) is 7.11 Å². The maximum Gasteiger partial charge on any atom is 0.339 e. The first-order valence-electron chi connectivity index (χ1n) is 11.9. The SMILES string of the molecule is COC(=O)c1cncc(/C=C(\C#N)c2ccc(OCc3c(-c4c(Cl)cccc4Cl)noc3C3CC3)cc2Cl)c1. The molecule has 1 fully saturated rings. The van der Waals surface area contributed by atoms with Crippen LogP contribution in [0.4, 0.5) is 0 Å². The molecule has 0 amide bonds. The van der Waals surface area contributed by atoms with E-state index in [9.17, 15) is 10.1 Å². The second-order valence-corrected chi connectivity index (χ2v) is 10.1. The van der Waals surface area contributed by atoms with Crippen molar-refractivity contribution >= 4 is 52.4 Å². The molecule has 1 saturated carbocycles. The molecule has 0 unspecified atom stereocenters. The third kappa shape index (κ3) is 5.79. The molecule has 0 atom stereocenters. The zero-order valence-electron chi connectivity index (χ0n) is 20.6. The molecule has 0 spiro atoms.